The molecule has 116 valence electrons. The van der Waals surface area contributed by atoms with Gasteiger partial charge in [0.15, 0.2) is 5.96 Å². The molecule has 0 aromatic carbocycles. The second kappa shape index (κ2) is 8.27. The summed E-state index contributed by atoms with van der Waals surface area (Å²) in [6.07, 6.45) is 1.54. The number of rotatable bonds is 4. The zero-order chi connectivity index (χ0) is 14.5. The van der Waals surface area contributed by atoms with Gasteiger partial charge in [0.1, 0.15) is 12.2 Å². The predicted octanol–water partition coefficient (Wildman–Crippen LogP) is 1.41. The molecular weight excluding hydrogens is 401 g/mol. The second-order valence-electron chi connectivity index (χ2n) is 4.41. The van der Waals surface area contributed by atoms with Gasteiger partial charge in [-0.3, -0.25) is 9.67 Å². The Labute approximate surface area is 145 Å². The van der Waals surface area contributed by atoms with Crippen LogP contribution in [0.2, 0.25) is 0 Å². The maximum absolute atomic E-state index is 4.46. The summed E-state index contributed by atoms with van der Waals surface area (Å²) < 4.78 is 1.74. The van der Waals surface area contributed by atoms with Crippen molar-refractivity contribution in [2.45, 2.75) is 20.0 Å². The Morgan fingerprint density at radius 2 is 2.29 bits per heavy atom. The molecule has 0 bridgehead atoms. The lowest BCUT2D eigenvalue weighted by Crippen LogP contribution is -2.38. The van der Waals surface area contributed by atoms with Crippen LogP contribution >= 0.6 is 35.3 Å². The third kappa shape index (κ3) is 4.92. The average Bonchev–Trinajstić information content (AvgIpc) is 3.00. The third-order valence-corrected chi connectivity index (χ3v) is 3.67. The highest BCUT2D eigenvalue weighted by Crippen LogP contribution is 2.09. The van der Waals surface area contributed by atoms with Gasteiger partial charge >= 0.3 is 0 Å². The number of aromatic nitrogens is 4. The van der Waals surface area contributed by atoms with Crippen LogP contribution in [-0.2, 0) is 20.1 Å². The van der Waals surface area contributed by atoms with Gasteiger partial charge in [-0.2, -0.15) is 5.10 Å². The van der Waals surface area contributed by atoms with Crippen LogP contribution in [0.25, 0.3) is 0 Å². The smallest absolute Gasteiger partial charge is 0.194 e. The quantitative estimate of drug-likeness (QED) is 0.459. The Hall–Kier alpha value is -1.23. The molecule has 1 N–H and O–H groups in total. The zero-order valence-corrected chi connectivity index (χ0v) is 15.7. The van der Waals surface area contributed by atoms with Gasteiger partial charge in [0.25, 0.3) is 0 Å². The number of nitrogens with zero attached hydrogens (tertiary/aromatic N) is 6. The fraction of sp³-hybridized carbons (Fsp3) is 0.500. The molecule has 0 saturated carbocycles. The van der Waals surface area contributed by atoms with E-state index in [1.54, 1.807) is 29.4 Å². The highest BCUT2D eigenvalue weighted by Gasteiger charge is 2.09. The first-order valence-electron chi connectivity index (χ1n) is 6.26. The fourth-order valence-corrected chi connectivity index (χ4v) is 2.43. The maximum atomic E-state index is 4.46. The number of hydrogen-bond acceptors (Lipinski definition) is 5. The topological polar surface area (TPSA) is 71.2 Å². The molecule has 0 spiro atoms. The lowest BCUT2D eigenvalue weighted by Gasteiger charge is -2.20. The van der Waals surface area contributed by atoms with Crippen LogP contribution < -0.4 is 5.32 Å². The molecule has 7 nitrogen and oxygen atoms in total. The highest BCUT2D eigenvalue weighted by atomic mass is 127. The van der Waals surface area contributed by atoms with Crippen molar-refractivity contribution in [2.75, 3.05) is 14.1 Å². The van der Waals surface area contributed by atoms with Gasteiger partial charge in [-0.15, -0.1) is 35.3 Å². The second-order valence-corrected chi connectivity index (χ2v) is 5.48. The number of aryl methyl sites for hydroxylation is 2. The number of thiazole rings is 1. The molecule has 0 saturated heterocycles. The van der Waals surface area contributed by atoms with E-state index in [2.05, 4.69) is 30.8 Å². The van der Waals surface area contributed by atoms with Crippen LogP contribution in [0.15, 0.2) is 16.7 Å². The lowest BCUT2D eigenvalue weighted by atomic mass is 10.4. The van der Waals surface area contributed by atoms with Crippen molar-refractivity contribution in [1.29, 1.82) is 0 Å². The summed E-state index contributed by atoms with van der Waals surface area (Å²) in [6.45, 7) is 3.32. The van der Waals surface area contributed by atoms with E-state index >= 15 is 0 Å². The van der Waals surface area contributed by atoms with Crippen LogP contribution in [-0.4, -0.2) is 44.7 Å². The van der Waals surface area contributed by atoms with E-state index in [4.69, 9.17) is 0 Å². The normalized spacial score (nSPS) is 11.1. The van der Waals surface area contributed by atoms with Crippen molar-refractivity contribution >= 4 is 41.3 Å². The summed E-state index contributed by atoms with van der Waals surface area (Å²) in [5.74, 6) is 1.67. The average molecular weight is 421 g/mol. The molecule has 2 heterocycles. The lowest BCUT2D eigenvalue weighted by molar-refractivity contribution is 0.468. The monoisotopic (exact) mass is 421 g/mol. The Balaban J connectivity index is 0.00000220. The summed E-state index contributed by atoms with van der Waals surface area (Å²) in [5.41, 5.74) is 1.05. The maximum Gasteiger partial charge on any atom is 0.194 e. The summed E-state index contributed by atoms with van der Waals surface area (Å²) in [6, 6.07) is 0. The minimum Gasteiger partial charge on any atom is -0.349 e. The van der Waals surface area contributed by atoms with Crippen LogP contribution in [0.1, 0.15) is 16.5 Å². The van der Waals surface area contributed by atoms with E-state index in [-0.39, 0.29) is 24.0 Å². The van der Waals surface area contributed by atoms with Crippen molar-refractivity contribution < 1.29 is 0 Å². The molecule has 9 heteroatoms. The Morgan fingerprint density at radius 3 is 2.81 bits per heavy atom. The number of aliphatic imine (C=N–C) groups is 1. The van der Waals surface area contributed by atoms with Crippen molar-refractivity contribution in [3.63, 3.8) is 0 Å². The summed E-state index contributed by atoms with van der Waals surface area (Å²) >= 11 is 1.66. The van der Waals surface area contributed by atoms with E-state index in [1.165, 1.54) is 0 Å². The van der Waals surface area contributed by atoms with Gasteiger partial charge in [0.05, 0.1) is 23.8 Å². The summed E-state index contributed by atoms with van der Waals surface area (Å²) in [5, 5.41) is 10.5. The highest BCUT2D eigenvalue weighted by molar-refractivity contribution is 14.0. The predicted molar refractivity (Wildman–Crippen MR) is 94.9 cm³/mol. The molecule has 0 amide bonds. The molecule has 0 atom stereocenters. The fourth-order valence-electron chi connectivity index (χ4n) is 1.82. The van der Waals surface area contributed by atoms with Crippen molar-refractivity contribution in [2.24, 2.45) is 12.0 Å². The molecule has 0 aliphatic heterocycles. The Morgan fingerprint density at radius 1 is 1.52 bits per heavy atom. The SMILES string of the molecule is CN=C(NCc1ncnn1C)N(C)Cc1csc(C)n1.I. The number of halogens is 1. The molecule has 0 fully saturated rings. The van der Waals surface area contributed by atoms with Gasteiger partial charge in [0, 0.05) is 26.5 Å². The molecule has 0 aliphatic carbocycles. The first-order chi connectivity index (χ1) is 9.60. The van der Waals surface area contributed by atoms with Gasteiger partial charge in [0.2, 0.25) is 0 Å². The van der Waals surface area contributed by atoms with Crippen molar-refractivity contribution in [1.82, 2.24) is 30.0 Å². The van der Waals surface area contributed by atoms with E-state index in [9.17, 15) is 0 Å². The Bertz CT molecular complexity index is 592. The van der Waals surface area contributed by atoms with Crippen molar-refractivity contribution in [3.8, 4) is 0 Å². The van der Waals surface area contributed by atoms with E-state index in [1.807, 2.05) is 25.9 Å². The molecule has 2 rings (SSSR count). The number of hydrogen-bond donors (Lipinski definition) is 1. The molecule has 0 aliphatic rings. The molecule has 21 heavy (non-hydrogen) atoms. The number of nitrogens with one attached hydrogen (secondary N) is 1. The Kier molecular flexibility index (Phi) is 7.02. The largest absolute Gasteiger partial charge is 0.349 e. The number of guanidine groups is 1. The van der Waals surface area contributed by atoms with Gasteiger partial charge in [-0.1, -0.05) is 0 Å². The molecule has 2 aromatic heterocycles. The molecular formula is C12H20IN7S. The van der Waals surface area contributed by atoms with Crippen LogP contribution in [0.4, 0.5) is 0 Å². The van der Waals surface area contributed by atoms with E-state index < -0.39 is 0 Å². The molecule has 2 aromatic rings. The zero-order valence-electron chi connectivity index (χ0n) is 12.6. The third-order valence-electron chi connectivity index (χ3n) is 2.85. The molecule has 0 radical (unpaired) electrons. The van der Waals surface area contributed by atoms with Gasteiger partial charge < -0.3 is 10.2 Å². The first kappa shape index (κ1) is 17.8. The van der Waals surface area contributed by atoms with Crippen LogP contribution in [0, 0.1) is 6.92 Å². The van der Waals surface area contributed by atoms with E-state index in [0.29, 0.717) is 6.54 Å². The summed E-state index contributed by atoms with van der Waals surface area (Å²) in [4.78, 5) is 14.9. The van der Waals surface area contributed by atoms with Crippen molar-refractivity contribution in [3.05, 3.63) is 28.2 Å². The minimum absolute atomic E-state index is 0. The standard InChI is InChI=1S/C12H19N7S.HI/c1-9-17-10(7-20-9)6-18(3)12(13-2)14-5-11-15-8-16-19(11)4;/h7-8H,5-6H2,1-4H3,(H,13,14);1H. The van der Waals surface area contributed by atoms with Crippen LogP contribution in [0.5, 0.6) is 0 Å². The summed E-state index contributed by atoms with van der Waals surface area (Å²) in [7, 11) is 5.62. The van der Waals surface area contributed by atoms with Gasteiger partial charge in [-0.25, -0.2) is 9.97 Å². The van der Waals surface area contributed by atoms with Gasteiger partial charge in [-0.05, 0) is 6.92 Å². The van der Waals surface area contributed by atoms with E-state index in [0.717, 1.165) is 29.0 Å². The minimum atomic E-state index is 0. The molecule has 0 unspecified atom stereocenters. The first-order valence-corrected chi connectivity index (χ1v) is 7.13. The van der Waals surface area contributed by atoms with Crippen LogP contribution in [0.3, 0.4) is 0 Å².